The molecule has 86 valence electrons. The van der Waals surface area contributed by atoms with Crippen molar-refractivity contribution in [2.45, 2.75) is 6.04 Å². The van der Waals surface area contributed by atoms with Crippen LogP contribution in [0.15, 0.2) is 18.2 Å². The van der Waals surface area contributed by atoms with Crippen molar-refractivity contribution in [2.24, 2.45) is 0 Å². The SMILES string of the molecule is COc1ccc(C(C=O)[N+](=O)[O-])cc1OC. The number of benzene rings is 1. The van der Waals surface area contributed by atoms with E-state index in [-0.39, 0.29) is 11.8 Å². The third kappa shape index (κ3) is 2.28. The summed E-state index contributed by atoms with van der Waals surface area (Å²) < 4.78 is 9.97. The molecule has 0 saturated carbocycles. The molecule has 0 aliphatic heterocycles. The van der Waals surface area contributed by atoms with Gasteiger partial charge in [0, 0.05) is 10.5 Å². The highest BCUT2D eigenvalue weighted by Gasteiger charge is 2.23. The minimum atomic E-state index is -1.38. The van der Waals surface area contributed by atoms with Crippen LogP contribution in [0, 0.1) is 10.1 Å². The van der Waals surface area contributed by atoms with Crippen LogP contribution in [0.1, 0.15) is 11.6 Å². The predicted octanol–water partition coefficient (Wildman–Crippen LogP) is 1.22. The molecule has 0 heterocycles. The fourth-order valence-corrected chi connectivity index (χ4v) is 1.29. The third-order valence-corrected chi connectivity index (χ3v) is 2.11. The van der Waals surface area contributed by atoms with Crippen LogP contribution in [0.3, 0.4) is 0 Å². The summed E-state index contributed by atoms with van der Waals surface area (Å²) in [6.45, 7) is 0. The molecule has 16 heavy (non-hydrogen) atoms. The van der Waals surface area contributed by atoms with Crippen molar-refractivity contribution in [1.29, 1.82) is 0 Å². The van der Waals surface area contributed by atoms with Gasteiger partial charge in [-0.1, -0.05) is 0 Å². The molecule has 6 nitrogen and oxygen atoms in total. The third-order valence-electron chi connectivity index (χ3n) is 2.11. The molecular weight excluding hydrogens is 214 g/mol. The van der Waals surface area contributed by atoms with Crippen molar-refractivity contribution in [1.82, 2.24) is 0 Å². The Labute approximate surface area is 91.9 Å². The fraction of sp³-hybridized carbons (Fsp3) is 0.300. The molecule has 0 bridgehead atoms. The molecule has 1 aromatic carbocycles. The van der Waals surface area contributed by atoms with Gasteiger partial charge in [-0.2, -0.15) is 0 Å². The summed E-state index contributed by atoms with van der Waals surface area (Å²) in [5.74, 6) is 0.813. The molecule has 1 rings (SSSR count). The summed E-state index contributed by atoms with van der Waals surface area (Å²) in [6, 6.07) is 3.03. The summed E-state index contributed by atoms with van der Waals surface area (Å²) in [6.07, 6.45) is 0.279. The van der Waals surface area contributed by atoms with Crippen molar-refractivity contribution in [3.63, 3.8) is 0 Å². The molecule has 0 aliphatic rings. The lowest BCUT2D eigenvalue weighted by Gasteiger charge is -2.09. The average molecular weight is 225 g/mol. The van der Waals surface area contributed by atoms with Gasteiger partial charge < -0.3 is 9.47 Å². The normalized spacial score (nSPS) is 11.6. The Morgan fingerprint density at radius 3 is 2.38 bits per heavy atom. The summed E-state index contributed by atoms with van der Waals surface area (Å²) in [7, 11) is 2.88. The topological polar surface area (TPSA) is 78.7 Å². The minimum absolute atomic E-state index is 0.262. The Morgan fingerprint density at radius 1 is 1.31 bits per heavy atom. The zero-order chi connectivity index (χ0) is 12.1. The van der Waals surface area contributed by atoms with Gasteiger partial charge in [0.2, 0.25) is 0 Å². The van der Waals surface area contributed by atoms with Gasteiger partial charge in [0.15, 0.2) is 17.8 Å². The van der Waals surface area contributed by atoms with Crippen molar-refractivity contribution >= 4 is 6.29 Å². The number of nitrogens with zero attached hydrogens (tertiary/aromatic N) is 1. The molecule has 0 amide bonds. The maximum atomic E-state index is 10.6. The average Bonchev–Trinajstić information content (AvgIpc) is 2.29. The molecular formula is C10H11NO5. The van der Waals surface area contributed by atoms with Crippen LogP contribution in [0.25, 0.3) is 0 Å². The van der Waals surface area contributed by atoms with Crippen LogP contribution in [0.4, 0.5) is 0 Å². The number of carbonyl (C=O) groups is 1. The molecule has 0 radical (unpaired) electrons. The first kappa shape index (κ1) is 12.0. The van der Waals surface area contributed by atoms with Gasteiger partial charge in [0.25, 0.3) is 6.04 Å². The number of aldehydes is 1. The van der Waals surface area contributed by atoms with Gasteiger partial charge >= 0.3 is 0 Å². The predicted molar refractivity (Wildman–Crippen MR) is 55.3 cm³/mol. The molecule has 6 heteroatoms. The van der Waals surface area contributed by atoms with Crippen LogP contribution >= 0.6 is 0 Å². The molecule has 0 aromatic heterocycles. The van der Waals surface area contributed by atoms with Crippen molar-refractivity contribution in [3.8, 4) is 11.5 Å². The van der Waals surface area contributed by atoms with E-state index in [2.05, 4.69) is 0 Å². The number of hydrogen-bond acceptors (Lipinski definition) is 5. The molecule has 1 atom stereocenters. The van der Waals surface area contributed by atoms with Crippen molar-refractivity contribution < 1.29 is 19.2 Å². The monoisotopic (exact) mass is 225 g/mol. The zero-order valence-corrected chi connectivity index (χ0v) is 8.88. The highest BCUT2D eigenvalue weighted by atomic mass is 16.6. The molecule has 0 aliphatic carbocycles. The van der Waals surface area contributed by atoms with E-state index in [1.54, 1.807) is 0 Å². The van der Waals surface area contributed by atoms with E-state index < -0.39 is 11.0 Å². The van der Waals surface area contributed by atoms with E-state index in [1.165, 1.54) is 32.4 Å². The zero-order valence-electron chi connectivity index (χ0n) is 8.88. The molecule has 1 unspecified atom stereocenters. The maximum Gasteiger partial charge on any atom is 0.292 e. The number of carbonyl (C=O) groups excluding carboxylic acids is 1. The summed E-state index contributed by atoms with van der Waals surface area (Å²) in [4.78, 5) is 20.5. The van der Waals surface area contributed by atoms with Gasteiger partial charge in [0.1, 0.15) is 0 Å². The molecule has 0 N–H and O–H groups in total. The van der Waals surface area contributed by atoms with Crippen LogP contribution < -0.4 is 9.47 Å². The second-order valence-corrected chi connectivity index (χ2v) is 2.98. The Balaban J connectivity index is 3.15. The van der Waals surface area contributed by atoms with Crippen LogP contribution in [0.5, 0.6) is 11.5 Å². The van der Waals surface area contributed by atoms with Gasteiger partial charge in [0.05, 0.1) is 14.2 Å². The Kier molecular flexibility index (Phi) is 3.82. The first-order valence-electron chi connectivity index (χ1n) is 4.44. The summed E-state index contributed by atoms with van der Waals surface area (Å²) in [5.41, 5.74) is 0.262. The minimum Gasteiger partial charge on any atom is -0.493 e. The van der Waals surface area contributed by atoms with E-state index in [1.807, 2.05) is 0 Å². The number of nitro groups is 1. The van der Waals surface area contributed by atoms with Crippen LogP contribution in [-0.2, 0) is 4.79 Å². The fourth-order valence-electron chi connectivity index (χ4n) is 1.29. The standard InChI is InChI=1S/C10H11NO5/c1-15-9-4-3-7(5-10(9)16-2)8(6-12)11(13)14/h3-6,8H,1-2H3. The second-order valence-electron chi connectivity index (χ2n) is 2.98. The van der Waals surface area contributed by atoms with Gasteiger partial charge in [-0.3, -0.25) is 14.9 Å². The van der Waals surface area contributed by atoms with E-state index >= 15 is 0 Å². The summed E-state index contributed by atoms with van der Waals surface area (Å²) in [5, 5.41) is 10.6. The number of ether oxygens (including phenoxy) is 2. The first-order valence-corrected chi connectivity index (χ1v) is 4.44. The van der Waals surface area contributed by atoms with E-state index in [0.29, 0.717) is 11.5 Å². The molecule has 0 saturated heterocycles. The Hall–Kier alpha value is -2.11. The highest BCUT2D eigenvalue weighted by molar-refractivity contribution is 5.61. The van der Waals surface area contributed by atoms with Crippen LogP contribution in [0.2, 0.25) is 0 Å². The second kappa shape index (κ2) is 5.11. The summed E-state index contributed by atoms with van der Waals surface area (Å²) >= 11 is 0. The lowest BCUT2D eigenvalue weighted by molar-refractivity contribution is -0.511. The lowest BCUT2D eigenvalue weighted by atomic mass is 10.1. The van der Waals surface area contributed by atoms with Crippen molar-refractivity contribution in [2.75, 3.05) is 14.2 Å². The van der Waals surface area contributed by atoms with Gasteiger partial charge in [-0.15, -0.1) is 0 Å². The highest BCUT2D eigenvalue weighted by Crippen LogP contribution is 2.30. The molecule has 0 fully saturated rings. The van der Waals surface area contributed by atoms with Crippen LogP contribution in [-0.4, -0.2) is 25.4 Å². The quantitative estimate of drug-likeness (QED) is 0.427. The maximum absolute atomic E-state index is 10.6. The van der Waals surface area contributed by atoms with Gasteiger partial charge in [-0.05, 0) is 18.2 Å². The first-order chi connectivity index (χ1) is 7.63. The lowest BCUT2D eigenvalue weighted by Crippen LogP contribution is -2.11. The van der Waals surface area contributed by atoms with E-state index in [4.69, 9.17) is 9.47 Å². The Morgan fingerprint density at radius 2 is 1.94 bits per heavy atom. The molecule has 0 spiro atoms. The smallest absolute Gasteiger partial charge is 0.292 e. The number of methoxy groups -OCH3 is 2. The Bertz CT molecular complexity index is 404. The largest absolute Gasteiger partial charge is 0.493 e. The van der Waals surface area contributed by atoms with Gasteiger partial charge in [-0.25, -0.2) is 0 Å². The number of hydrogen-bond donors (Lipinski definition) is 0. The molecule has 1 aromatic rings. The van der Waals surface area contributed by atoms with E-state index in [0.717, 1.165) is 0 Å². The van der Waals surface area contributed by atoms with Crippen molar-refractivity contribution in [3.05, 3.63) is 33.9 Å². The number of rotatable bonds is 5. The van der Waals surface area contributed by atoms with E-state index in [9.17, 15) is 14.9 Å².